The summed E-state index contributed by atoms with van der Waals surface area (Å²) >= 11 is 0. The van der Waals surface area contributed by atoms with Crippen molar-refractivity contribution < 1.29 is 19.1 Å². The normalized spacial score (nSPS) is 32.6. The van der Waals surface area contributed by atoms with Gasteiger partial charge in [0.1, 0.15) is 12.2 Å². The highest BCUT2D eigenvalue weighted by atomic mass is 16.5. The third kappa shape index (κ3) is 23.1. The summed E-state index contributed by atoms with van der Waals surface area (Å²) < 4.78 is 12.3. The van der Waals surface area contributed by atoms with Gasteiger partial charge >= 0.3 is 11.9 Å². The van der Waals surface area contributed by atoms with Gasteiger partial charge in [-0.05, 0) is 227 Å². The van der Waals surface area contributed by atoms with Gasteiger partial charge in [0, 0.05) is 25.7 Å². The first-order valence-corrected chi connectivity index (χ1v) is 42.7. The van der Waals surface area contributed by atoms with Crippen LogP contribution in [0, 0.1) is 98.6 Å². The van der Waals surface area contributed by atoms with E-state index in [0.717, 1.165) is 122 Å². The molecule has 0 saturated heterocycles. The summed E-state index contributed by atoms with van der Waals surface area (Å²) in [7, 11) is 0. The molecule has 542 valence electrons. The predicted molar refractivity (Wildman–Crippen MR) is 405 cm³/mol. The van der Waals surface area contributed by atoms with E-state index in [9.17, 15) is 9.59 Å². The van der Waals surface area contributed by atoms with E-state index in [4.69, 9.17) is 9.47 Å². The Hall–Kier alpha value is -1.84. The van der Waals surface area contributed by atoms with Crippen molar-refractivity contribution in [2.75, 3.05) is 0 Å². The third-order valence-electron chi connectivity index (χ3n) is 28.7. The minimum Gasteiger partial charge on any atom is -0.462 e. The van der Waals surface area contributed by atoms with E-state index in [1.807, 2.05) is 0 Å². The molecular weight excluding hydrogens is 1140 g/mol. The van der Waals surface area contributed by atoms with Gasteiger partial charge in [-0.15, -0.1) is 0 Å². The molecule has 8 rings (SSSR count). The molecule has 0 radical (unpaired) electrons. The fraction of sp³-hybridized carbons (Fsp3) is 0.911. The van der Waals surface area contributed by atoms with E-state index < -0.39 is 0 Å². The van der Waals surface area contributed by atoms with Gasteiger partial charge in [-0.2, -0.15) is 0 Å². The molecule has 94 heavy (non-hydrogen) atoms. The number of hydrogen-bond donors (Lipinski definition) is 0. The summed E-state index contributed by atoms with van der Waals surface area (Å²) in [5, 5.41) is 0. The van der Waals surface area contributed by atoms with Crippen molar-refractivity contribution in [3.8, 4) is 0 Å². The molecule has 4 heteroatoms. The molecule has 8 unspecified atom stereocenters. The monoisotopic (exact) mass is 1300 g/mol. The fourth-order valence-electron chi connectivity index (χ4n) is 22.9. The van der Waals surface area contributed by atoms with Crippen LogP contribution in [0.2, 0.25) is 0 Å². The molecule has 0 amide bonds. The molecule has 6 fully saturated rings. The fourth-order valence-corrected chi connectivity index (χ4v) is 22.9. The van der Waals surface area contributed by atoms with Crippen LogP contribution in [0.4, 0.5) is 0 Å². The number of fused-ring (bicyclic) bond motifs is 10. The Bertz CT molecular complexity index is 2230. The van der Waals surface area contributed by atoms with E-state index >= 15 is 0 Å². The molecule has 0 aromatic carbocycles. The molecule has 8 aliphatic carbocycles. The quantitative estimate of drug-likeness (QED) is 0.0347. The van der Waals surface area contributed by atoms with Crippen LogP contribution >= 0.6 is 0 Å². The number of carbonyl (C=O) groups is 2. The second-order valence-electron chi connectivity index (χ2n) is 36.8. The minimum absolute atomic E-state index is 0.0541. The Balaban J connectivity index is 0.000000266. The topological polar surface area (TPSA) is 52.6 Å². The lowest BCUT2D eigenvalue weighted by Crippen LogP contribution is -2.51. The van der Waals surface area contributed by atoms with Crippen molar-refractivity contribution in [1.29, 1.82) is 0 Å². The lowest BCUT2D eigenvalue weighted by molar-refractivity contribution is -0.152. The first kappa shape index (κ1) is 79.5. The van der Waals surface area contributed by atoms with E-state index in [0.29, 0.717) is 34.5 Å². The predicted octanol–water partition coefficient (Wildman–Crippen LogP) is 28.0. The van der Waals surface area contributed by atoms with Crippen LogP contribution in [-0.2, 0) is 19.1 Å². The van der Waals surface area contributed by atoms with Crippen molar-refractivity contribution >= 4 is 11.9 Å². The molecule has 8 aliphatic rings. The molecule has 0 N–H and O–H groups in total. The van der Waals surface area contributed by atoms with Gasteiger partial charge in [-0.1, -0.05) is 292 Å². The number of allylic oxidation sites excluding steroid dienone is 4. The minimum atomic E-state index is 0.0541. The van der Waals surface area contributed by atoms with Gasteiger partial charge in [0.25, 0.3) is 0 Å². The summed E-state index contributed by atoms with van der Waals surface area (Å²) in [6.45, 7) is 32.3. The molecule has 0 spiro atoms. The summed E-state index contributed by atoms with van der Waals surface area (Å²) in [5.74, 6) is 11.5. The number of hydrogen-bond acceptors (Lipinski definition) is 4. The Morgan fingerprint density at radius 2 is 0.755 bits per heavy atom. The van der Waals surface area contributed by atoms with Crippen molar-refractivity contribution in [3.63, 3.8) is 0 Å². The maximum atomic E-state index is 12.8. The smallest absolute Gasteiger partial charge is 0.306 e. The molecule has 0 heterocycles. The summed E-state index contributed by atoms with van der Waals surface area (Å²) in [5.41, 5.74) is 5.06. The SMILES string of the molecule is CC(C)CCCCCCCCCCCCCCC(=O)OC1CC[C@@]2(C)C(=CCC3C2CC[C@@]2(C)C3CC[C@@H]2[C@H](C)CCCC(C)C)C1.CCCCCCCC/C=C\CCCCCCCC(=O)OC1CC[C@@]2(C)C(=CCC3C2CC[C@@]2(C)C3CC[C@@H]2[C@H](C)CCCC(C)C)C1. The first-order valence-electron chi connectivity index (χ1n) is 42.7. The average Bonchev–Trinajstić information content (AvgIpc) is 1.37. The Kier molecular flexibility index (Phi) is 34.3. The second-order valence-corrected chi connectivity index (χ2v) is 36.8. The van der Waals surface area contributed by atoms with E-state index in [1.54, 1.807) is 11.1 Å². The highest BCUT2D eigenvalue weighted by Crippen LogP contribution is 2.69. The molecule has 0 aromatic heterocycles. The molecule has 0 aromatic rings. The van der Waals surface area contributed by atoms with Crippen LogP contribution in [0.5, 0.6) is 0 Å². The van der Waals surface area contributed by atoms with E-state index in [1.165, 1.54) is 263 Å². The average molecular weight is 1300 g/mol. The Morgan fingerprint density at radius 1 is 0.404 bits per heavy atom. The maximum Gasteiger partial charge on any atom is 0.306 e. The first-order chi connectivity index (χ1) is 45.2. The van der Waals surface area contributed by atoms with Gasteiger partial charge in [0.05, 0.1) is 0 Å². The maximum absolute atomic E-state index is 12.8. The van der Waals surface area contributed by atoms with Crippen LogP contribution in [0.15, 0.2) is 35.5 Å². The van der Waals surface area contributed by atoms with Crippen LogP contribution in [-0.4, -0.2) is 24.1 Å². The van der Waals surface area contributed by atoms with Crippen LogP contribution in [0.25, 0.3) is 0 Å². The van der Waals surface area contributed by atoms with E-state index in [-0.39, 0.29) is 24.1 Å². The summed E-state index contributed by atoms with van der Waals surface area (Å²) in [6.07, 6.45) is 74.9. The highest BCUT2D eigenvalue weighted by molar-refractivity contribution is 5.70. The van der Waals surface area contributed by atoms with Gasteiger partial charge in [0.15, 0.2) is 0 Å². The highest BCUT2D eigenvalue weighted by Gasteiger charge is 2.61. The van der Waals surface area contributed by atoms with Crippen molar-refractivity contribution in [2.24, 2.45) is 98.6 Å². The van der Waals surface area contributed by atoms with Gasteiger partial charge in [-0.3, -0.25) is 9.59 Å². The van der Waals surface area contributed by atoms with Crippen molar-refractivity contribution in [1.82, 2.24) is 0 Å². The Morgan fingerprint density at radius 3 is 1.14 bits per heavy atom. The van der Waals surface area contributed by atoms with Gasteiger partial charge in [-0.25, -0.2) is 0 Å². The standard InChI is InChI=1S/C45H80O2.C45H78O2/c1-34(2)21-18-16-14-12-10-8-9-11-13-15-17-19-24-43(46)47-38-29-31-44(6)37(33-38)25-26-39-41-28-27-40(36(5)23-20-22-35(3)4)45(41,7)32-30-42(39)44;1-7-8-9-10-11-12-13-14-15-16-17-18-19-20-21-25-43(46)47-38-30-32-44(5)37(34-38)26-27-39-41-29-28-40(36(4)24-22-23-35(2)3)45(41,6)33-31-42(39)44/h25,34-36,38-42H,8-24,26-33H2,1-7H3;14-15,26,35-36,38-42H,7-13,16-25,27-34H2,1-6H3/b;15-14-/t2*36-,38?,39?,40-,41?,42?,44+,45-/m11/s1. The number of ether oxygens (including phenoxy) is 2. The summed E-state index contributed by atoms with van der Waals surface area (Å²) in [4.78, 5) is 25.6. The number of unbranched alkanes of at least 4 members (excludes halogenated alkanes) is 22. The summed E-state index contributed by atoms with van der Waals surface area (Å²) in [6, 6.07) is 0. The van der Waals surface area contributed by atoms with E-state index in [2.05, 4.69) is 114 Å². The lowest BCUT2D eigenvalue weighted by Gasteiger charge is -2.58. The largest absolute Gasteiger partial charge is 0.462 e. The lowest BCUT2D eigenvalue weighted by atomic mass is 9.47. The number of rotatable bonds is 42. The third-order valence-corrected chi connectivity index (χ3v) is 28.7. The zero-order valence-corrected chi connectivity index (χ0v) is 65.0. The zero-order valence-electron chi connectivity index (χ0n) is 65.0. The Labute approximate surface area is 585 Å². The molecule has 16 atom stereocenters. The number of esters is 2. The van der Waals surface area contributed by atoms with Crippen LogP contribution < -0.4 is 0 Å². The van der Waals surface area contributed by atoms with Crippen molar-refractivity contribution in [3.05, 3.63) is 35.5 Å². The zero-order chi connectivity index (χ0) is 67.6. The van der Waals surface area contributed by atoms with Gasteiger partial charge < -0.3 is 9.47 Å². The van der Waals surface area contributed by atoms with Crippen molar-refractivity contribution in [2.45, 2.75) is 423 Å². The second kappa shape index (κ2) is 40.6. The number of carbonyl (C=O) groups excluding carboxylic acids is 2. The molecule has 0 aliphatic heterocycles. The van der Waals surface area contributed by atoms with Gasteiger partial charge in [0.2, 0.25) is 0 Å². The molecule has 4 nitrogen and oxygen atoms in total. The molecular formula is C90H158O4. The molecule has 0 bridgehead atoms. The molecule has 6 saturated carbocycles. The van der Waals surface area contributed by atoms with Crippen LogP contribution in [0.3, 0.4) is 0 Å². The van der Waals surface area contributed by atoms with Crippen LogP contribution in [0.1, 0.15) is 411 Å².